The van der Waals surface area contributed by atoms with Crippen LogP contribution in [0.15, 0.2) is 48.5 Å². The van der Waals surface area contributed by atoms with Gasteiger partial charge in [-0.15, -0.1) is 0 Å². The van der Waals surface area contributed by atoms with Gasteiger partial charge in [0.05, 0.1) is 58.5 Å². The van der Waals surface area contributed by atoms with Gasteiger partial charge in [-0.25, -0.2) is 0 Å². The van der Waals surface area contributed by atoms with Crippen molar-refractivity contribution in [1.82, 2.24) is 0 Å². The molecule has 2 aromatic carbocycles. The molecular formula is C45H79BrO8. The highest BCUT2D eigenvalue weighted by atomic mass is 79.9. The first-order valence-corrected chi connectivity index (χ1v) is 21.5. The van der Waals surface area contributed by atoms with Gasteiger partial charge in [-0.05, 0) is 109 Å². The van der Waals surface area contributed by atoms with E-state index in [1.165, 1.54) is 25.3 Å². The van der Waals surface area contributed by atoms with Gasteiger partial charge in [0, 0.05) is 5.33 Å². The van der Waals surface area contributed by atoms with Crippen LogP contribution >= 0.6 is 15.9 Å². The van der Waals surface area contributed by atoms with Gasteiger partial charge in [0.15, 0.2) is 6.79 Å². The zero-order valence-electron chi connectivity index (χ0n) is 35.6. The van der Waals surface area contributed by atoms with Gasteiger partial charge in [-0.3, -0.25) is 0 Å². The summed E-state index contributed by atoms with van der Waals surface area (Å²) in [4.78, 5) is 0. The van der Waals surface area contributed by atoms with Crippen molar-refractivity contribution in [2.24, 2.45) is 35.5 Å². The second-order valence-electron chi connectivity index (χ2n) is 16.3. The molecule has 0 amide bonds. The normalized spacial score (nSPS) is 13.6. The first-order valence-electron chi connectivity index (χ1n) is 20.3. The highest BCUT2D eigenvalue weighted by molar-refractivity contribution is 9.09. The Morgan fingerprint density at radius 1 is 0.537 bits per heavy atom. The second-order valence-corrected chi connectivity index (χ2v) is 17.1. The van der Waals surface area contributed by atoms with Crippen LogP contribution in [0.5, 0.6) is 11.5 Å². The highest BCUT2D eigenvalue weighted by Crippen LogP contribution is 2.23. The molecule has 2 rings (SSSR count). The second kappa shape index (κ2) is 33.4. The summed E-state index contributed by atoms with van der Waals surface area (Å²) in [6, 6.07) is 13.9. The van der Waals surface area contributed by atoms with E-state index < -0.39 is 0 Å². The zero-order valence-corrected chi connectivity index (χ0v) is 37.2. The number of halogens is 1. The molecule has 4 unspecified atom stereocenters. The van der Waals surface area contributed by atoms with E-state index in [1.807, 2.05) is 24.3 Å². The van der Waals surface area contributed by atoms with Gasteiger partial charge in [0.1, 0.15) is 11.5 Å². The van der Waals surface area contributed by atoms with Crippen molar-refractivity contribution in [1.29, 1.82) is 0 Å². The van der Waals surface area contributed by atoms with Crippen LogP contribution in [0.1, 0.15) is 119 Å². The number of rotatable bonds is 27. The van der Waals surface area contributed by atoms with E-state index in [0.29, 0.717) is 55.5 Å². The quantitative estimate of drug-likeness (QED) is 0.0464. The standard InChI is InChI=1S/C22H38O4.C16H33BrO2.C7H8O2/c1-17(2)11-19(5)13-22(12-18(3)4)25-10-9-24-16-26-21-8-6-7-20(14-21)15-23;1-13(2)10-15(5)12-16(11-14(3)4)19-9-8-18-7-6-17;8-5-6-2-1-3-7(9)4-6/h6-8,14,17-19,22-23H,9-13,15-16H2,1-5H3;13-16H,6-12H2,1-5H3;1-4,8-9H,5H2. The summed E-state index contributed by atoms with van der Waals surface area (Å²) < 4.78 is 28.6. The Kier molecular flexibility index (Phi) is 32.4. The number of hydrogen-bond donors (Lipinski definition) is 3. The smallest absolute Gasteiger partial charge is 0.189 e. The number of aliphatic hydroxyl groups excluding tert-OH is 2. The average Bonchev–Trinajstić information content (AvgIpc) is 3.09. The van der Waals surface area contributed by atoms with E-state index in [4.69, 9.17) is 39.0 Å². The third-order valence-corrected chi connectivity index (χ3v) is 8.74. The third-order valence-electron chi connectivity index (χ3n) is 8.41. The Balaban J connectivity index is 0.000000871. The minimum Gasteiger partial charge on any atom is -0.508 e. The monoisotopic (exact) mass is 826 g/mol. The van der Waals surface area contributed by atoms with Gasteiger partial charge in [-0.2, -0.15) is 0 Å². The Bertz CT molecular complexity index is 1130. The molecular weight excluding hydrogens is 748 g/mol. The first kappa shape index (κ1) is 52.3. The Morgan fingerprint density at radius 3 is 1.43 bits per heavy atom. The maximum absolute atomic E-state index is 9.13. The molecule has 314 valence electrons. The summed E-state index contributed by atoms with van der Waals surface area (Å²) in [5.74, 6) is 5.16. The van der Waals surface area contributed by atoms with Gasteiger partial charge >= 0.3 is 0 Å². The molecule has 0 aliphatic heterocycles. The molecule has 0 aliphatic carbocycles. The SMILES string of the molecule is CC(C)CC(C)CC(CC(C)C)OCCOCCBr.CC(C)CC(C)CC(CC(C)C)OCCOCOc1cccc(CO)c1.OCc1cccc(O)c1. The Morgan fingerprint density at radius 2 is 1.00 bits per heavy atom. The lowest BCUT2D eigenvalue weighted by atomic mass is 9.91. The Hall–Kier alpha value is -1.72. The molecule has 54 heavy (non-hydrogen) atoms. The van der Waals surface area contributed by atoms with Gasteiger partial charge in [0.25, 0.3) is 0 Å². The van der Waals surface area contributed by atoms with Crippen LogP contribution in [0.4, 0.5) is 0 Å². The van der Waals surface area contributed by atoms with Crippen LogP contribution in [-0.2, 0) is 32.2 Å². The number of benzene rings is 2. The zero-order chi connectivity index (χ0) is 40.7. The predicted octanol–water partition coefficient (Wildman–Crippen LogP) is 10.8. The van der Waals surface area contributed by atoms with Crippen LogP contribution in [0.2, 0.25) is 0 Å². The van der Waals surface area contributed by atoms with Crippen molar-refractivity contribution in [3.8, 4) is 11.5 Å². The van der Waals surface area contributed by atoms with Crippen LogP contribution in [0, 0.1) is 35.5 Å². The van der Waals surface area contributed by atoms with E-state index in [2.05, 4.69) is 85.2 Å². The molecule has 8 nitrogen and oxygen atoms in total. The van der Waals surface area contributed by atoms with Crippen molar-refractivity contribution in [3.63, 3.8) is 0 Å². The molecule has 0 aromatic heterocycles. The summed E-state index contributed by atoms with van der Waals surface area (Å²) in [6.07, 6.45) is 7.76. The van der Waals surface area contributed by atoms with Crippen molar-refractivity contribution in [3.05, 3.63) is 59.7 Å². The molecule has 4 atom stereocenters. The topological polar surface area (TPSA) is 107 Å². The molecule has 0 saturated heterocycles. The number of phenolic OH excluding ortho intramolecular Hbond substituents is 1. The molecule has 0 spiro atoms. The molecule has 2 aromatic rings. The molecule has 3 N–H and O–H groups in total. The fourth-order valence-electron chi connectivity index (χ4n) is 6.48. The fourth-order valence-corrected chi connectivity index (χ4v) is 6.71. The van der Waals surface area contributed by atoms with Crippen molar-refractivity contribution in [2.75, 3.05) is 45.2 Å². The van der Waals surface area contributed by atoms with Crippen LogP contribution < -0.4 is 4.74 Å². The van der Waals surface area contributed by atoms with Gasteiger partial charge in [0.2, 0.25) is 0 Å². The Labute approximate surface area is 338 Å². The molecule has 0 bridgehead atoms. The van der Waals surface area contributed by atoms with Crippen LogP contribution in [0.3, 0.4) is 0 Å². The van der Waals surface area contributed by atoms with E-state index in [1.54, 1.807) is 18.2 Å². The highest BCUT2D eigenvalue weighted by Gasteiger charge is 2.17. The van der Waals surface area contributed by atoms with Gasteiger partial charge < -0.3 is 39.0 Å². The van der Waals surface area contributed by atoms with Crippen molar-refractivity contribution in [2.45, 2.75) is 133 Å². The minimum absolute atomic E-state index is 0.0123. The van der Waals surface area contributed by atoms with E-state index in [-0.39, 0.29) is 25.8 Å². The number of ether oxygens (including phenoxy) is 5. The van der Waals surface area contributed by atoms with Crippen LogP contribution in [0.25, 0.3) is 0 Å². The summed E-state index contributed by atoms with van der Waals surface area (Å²) in [6.45, 7) is 26.3. The molecule has 0 saturated carbocycles. The number of hydrogen-bond acceptors (Lipinski definition) is 8. The first-order chi connectivity index (χ1) is 25.7. The predicted molar refractivity (Wildman–Crippen MR) is 227 cm³/mol. The lowest BCUT2D eigenvalue weighted by Gasteiger charge is -2.24. The maximum Gasteiger partial charge on any atom is 0.189 e. The molecule has 0 radical (unpaired) electrons. The fraction of sp³-hybridized carbons (Fsp3) is 0.733. The summed E-state index contributed by atoms with van der Waals surface area (Å²) >= 11 is 3.35. The molecule has 0 fully saturated rings. The molecule has 0 heterocycles. The summed E-state index contributed by atoms with van der Waals surface area (Å²) in [7, 11) is 0. The largest absolute Gasteiger partial charge is 0.508 e. The molecule has 0 aliphatic rings. The van der Waals surface area contributed by atoms with Crippen molar-refractivity contribution >= 4 is 15.9 Å². The lowest BCUT2D eigenvalue weighted by Crippen LogP contribution is -2.22. The summed E-state index contributed by atoms with van der Waals surface area (Å²) in [5, 5.41) is 27.4. The third kappa shape index (κ3) is 31.5. The van der Waals surface area contributed by atoms with E-state index in [0.717, 1.165) is 66.7 Å². The van der Waals surface area contributed by atoms with E-state index >= 15 is 0 Å². The maximum atomic E-state index is 9.13. The van der Waals surface area contributed by atoms with Gasteiger partial charge in [-0.1, -0.05) is 109 Å². The van der Waals surface area contributed by atoms with Crippen LogP contribution in [-0.4, -0.2) is 72.7 Å². The number of aromatic hydroxyl groups is 1. The number of phenols is 1. The number of alkyl halides is 1. The number of aliphatic hydroxyl groups is 2. The molecule has 9 heteroatoms. The summed E-state index contributed by atoms with van der Waals surface area (Å²) in [5.41, 5.74) is 1.56. The average molecular weight is 828 g/mol. The minimum atomic E-state index is -0.0194. The lowest BCUT2D eigenvalue weighted by molar-refractivity contribution is -0.0450. The van der Waals surface area contributed by atoms with E-state index in [9.17, 15) is 0 Å². The van der Waals surface area contributed by atoms with Crippen molar-refractivity contribution < 1.29 is 39.0 Å².